The molecule has 3 heteroatoms. The van der Waals surface area contributed by atoms with Crippen LogP contribution in [0.15, 0.2) is 11.1 Å². The van der Waals surface area contributed by atoms with Gasteiger partial charge in [0.1, 0.15) is 0 Å². The second-order valence-electron chi connectivity index (χ2n) is 2.89. The predicted octanol–water partition coefficient (Wildman–Crippen LogP) is 0.209. The Hall–Kier alpha value is -1.27. The first kappa shape index (κ1) is 9.82. The molecule has 0 bridgehead atoms. The molecule has 0 aromatic carbocycles. The lowest BCUT2D eigenvalue weighted by Crippen LogP contribution is -1.98. The van der Waals surface area contributed by atoms with Crippen molar-refractivity contribution in [1.82, 2.24) is 5.32 Å². The molecule has 0 radical (unpaired) electrons. The van der Waals surface area contributed by atoms with Crippen molar-refractivity contribution in [3.05, 3.63) is 11.1 Å². The van der Waals surface area contributed by atoms with Crippen LogP contribution in [0.25, 0.3) is 0 Å². The number of hydrogen-bond donors (Lipinski definition) is 2. The highest BCUT2D eigenvalue weighted by Crippen LogP contribution is 2.24. The maximum Gasteiger partial charge on any atom is 0.160 e. The number of nitrogens with one attached hydrogen (secondary N) is 1. The van der Waals surface area contributed by atoms with E-state index in [9.17, 15) is 4.79 Å². The van der Waals surface area contributed by atoms with Crippen molar-refractivity contribution in [3.8, 4) is 12.0 Å². The number of Topliss-reactive ketones (excluding diaryl/α,β-unsaturated/α-hetero) is 1. The summed E-state index contributed by atoms with van der Waals surface area (Å²) in [5.74, 6) is 2.95. The monoisotopic (exact) mass is 179 g/mol. The van der Waals surface area contributed by atoms with Gasteiger partial charge in [-0.25, -0.2) is 0 Å². The summed E-state index contributed by atoms with van der Waals surface area (Å²) in [6, 6.07) is 2.67. The molecule has 0 aromatic heterocycles. The molecule has 0 amide bonds. The van der Waals surface area contributed by atoms with Crippen LogP contribution in [-0.4, -0.2) is 24.5 Å². The Morgan fingerprint density at radius 2 is 2.31 bits per heavy atom. The van der Waals surface area contributed by atoms with Gasteiger partial charge in [0, 0.05) is 31.5 Å². The third-order valence-corrected chi connectivity index (χ3v) is 2.09. The second kappa shape index (κ2) is 4.68. The normalized spacial score (nSPS) is 15.7. The van der Waals surface area contributed by atoms with Crippen LogP contribution in [0.3, 0.4) is 0 Å². The Labute approximate surface area is 77.8 Å². The number of carbonyl (C=O) groups is 1. The van der Waals surface area contributed by atoms with Gasteiger partial charge in [-0.15, -0.1) is 0 Å². The summed E-state index contributed by atoms with van der Waals surface area (Å²) < 4.78 is 0. The molecule has 0 fully saturated rings. The van der Waals surface area contributed by atoms with Gasteiger partial charge in [0.25, 0.3) is 0 Å². The third-order valence-electron chi connectivity index (χ3n) is 2.09. The van der Waals surface area contributed by atoms with Crippen molar-refractivity contribution in [3.63, 3.8) is 0 Å². The van der Waals surface area contributed by atoms with Crippen LogP contribution in [0.5, 0.6) is 0 Å². The molecule has 1 aliphatic rings. The Bertz CT molecular complexity index is 294. The van der Waals surface area contributed by atoms with Crippen molar-refractivity contribution in [1.29, 1.82) is 0 Å². The van der Waals surface area contributed by atoms with Crippen molar-refractivity contribution in [2.75, 3.05) is 13.7 Å². The van der Waals surface area contributed by atoms with Gasteiger partial charge in [-0.1, -0.05) is 5.92 Å². The predicted molar refractivity (Wildman–Crippen MR) is 49.8 cm³/mol. The molecular weight excluding hydrogens is 166 g/mol. The molecule has 2 N–H and O–H groups in total. The van der Waals surface area contributed by atoms with E-state index < -0.39 is 0 Å². The van der Waals surface area contributed by atoms with Crippen molar-refractivity contribution >= 4 is 5.78 Å². The number of carbonyl (C=O) groups excluding carboxylic acids is 1. The highest BCUT2D eigenvalue weighted by atomic mass is 16.3. The van der Waals surface area contributed by atoms with E-state index in [0.29, 0.717) is 24.8 Å². The van der Waals surface area contributed by atoms with Crippen LogP contribution in [0.1, 0.15) is 19.3 Å². The Balaban J connectivity index is 2.68. The maximum atomic E-state index is 11.3. The zero-order chi connectivity index (χ0) is 9.68. The largest absolute Gasteiger partial charge is 0.392 e. The van der Waals surface area contributed by atoms with E-state index in [4.69, 9.17) is 5.11 Å². The van der Waals surface area contributed by atoms with Gasteiger partial charge in [-0.2, -0.15) is 0 Å². The first-order valence-corrected chi connectivity index (χ1v) is 4.29. The molecule has 0 saturated carbocycles. The molecule has 0 heterocycles. The van der Waals surface area contributed by atoms with E-state index >= 15 is 0 Å². The number of rotatable bonds is 2. The lowest BCUT2D eigenvalue weighted by molar-refractivity contribution is -0.114. The standard InChI is InChI=1S/C10H13NO2/c1-11-6-2-3-9-8(7-12)4-5-10(9)13/h11-12H,3-5,7H2,1H3. The van der Waals surface area contributed by atoms with Crippen LogP contribution in [0.2, 0.25) is 0 Å². The fourth-order valence-electron chi connectivity index (χ4n) is 1.38. The lowest BCUT2D eigenvalue weighted by Gasteiger charge is -1.97. The molecule has 0 aliphatic heterocycles. The highest BCUT2D eigenvalue weighted by Gasteiger charge is 2.20. The summed E-state index contributed by atoms with van der Waals surface area (Å²) in [5.41, 5.74) is 1.57. The number of allylic oxidation sites excluding steroid dienone is 1. The zero-order valence-electron chi connectivity index (χ0n) is 7.68. The molecular formula is C10H13NO2. The van der Waals surface area contributed by atoms with Gasteiger partial charge in [0.05, 0.1) is 6.61 Å². The summed E-state index contributed by atoms with van der Waals surface area (Å²) in [4.78, 5) is 11.3. The Kier molecular flexibility index (Phi) is 3.53. The van der Waals surface area contributed by atoms with Crippen LogP contribution in [-0.2, 0) is 4.79 Å². The van der Waals surface area contributed by atoms with Gasteiger partial charge in [-0.05, 0) is 12.0 Å². The minimum Gasteiger partial charge on any atom is -0.392 e. The summed E-state index contributed by atoms with van der Waals surface area (Å²) in [6.07, 6.45) is 1.69. The van der Waals surface area contributed by atoms with E-state index in [1.165, 1.54) is 0 Å². The molecule has 1 aliphatic carbocycles. The maximum absolute atomic E-state index is 11.3. The zero-order valence-corrected chi connectivity index (χ0v) is 7.68. The van der Waals surface area contributed by atoms with E-state index in [0.717, 1.165) is 5.57 Å². The molecule has 0 unspecified atom stereocenters. The summed E-state index contributed by atoms with van der Waals surface area (Å²) >= 11 is 0. The smallest absolute Gasteiger partial charge is 0.160 e. The van der Waals surface area contributed by atoms with E-state index in [-0.39, 0.29) is 12.4 Å². The number of hydrogen-bond acceptors (Lipinski definition) is 3. The molecule has 0 atom stereocenters. The molecule has 0 saturated heterocycles. The molecule has 70 valence electrons. The fourth-order valence-corrected chi connectivity index (χ4v) is 1.38. The summed E-state index contributed by atoms with van der Waals surface area (Å²) in [6.45, 7) is -0.0116. The topological polar surface area (TPSA) is 49.3 Å². The summed E-state index contributed by atoms with van der Waals surface area (Å²) in [7, 11) is 1.73. The summed E-state index contributed by atoms with van der Waals surface area (Å²) in [5, 5.41) is 11.6. The Morgan fingerprint density at radius 3 is 2.92 bits per heavy atom. The van der Waals surface area contributed by atoms with E-state index in [2.05, 4.69) is 17.3 Å². The third kappa shape index (κ3) is 2.33. The number of aliphatic hydroxyl groups is 1. The van der Waals surface area contributed by atoms with Crippen LogP contribution < -0.4 is 5.32 Å². The van der Waals surface area contributed by atoms with Crippen LogP contribution in [0.4, 0.5) is 0 Å². The molecule has 0 spiro atoms. The number of aliphatic hydroxyl groups excluding tert-OH is 1. The minimum atomic E-state index is -0.0116. The van der Waals surface area contributed by atoms with Crippen LogP contribution >= 0.6 is 0 Å². The minimum absolute atomic E-state index is 0.0116. The number of ketones is 1. The fraction of sp³-hybridized carbons (Fsp3) is 0.500. The average Bonchev–Trinajstić information content (AvgIpc) is 2.48. The van der Waals surface area contributed by atoms with Crippen molar-refractivity contribution in [2.24, 2.45) is 0 Å². The van der Waals surface area contributed by atoms with Gasteiger partial charge < -0.3 is 10.4 Å². The van der Waals surface area contributed by atoms with Gasteiger partial charge >= 0.3 is 0 Å². The van der Waals surface area contributed by atoms with E-state index in [1.807, 2.05) is 0 Å². The molecule has 13 heavy (non-hydrogen) atoms. The van der Waals surface area contributed by atoms with Crippen molar-refractivity contribution < 1.29 is 9.90 Å². The molecule has 0 aromatic rings. The SMILES string of the molecule is CNC#CCC1=C(CO)CCC1=O. The van der Waals surface area contributed by atoms with E-state index in [1.54, 1.807) is 7.05 Å². The molecule has 1 rings (SSSR count). The first-order chi connectivity index (χ1) is 6.29. The Morgan fingerprint density at radius 1 is 1.54 bits per heavy atom. The van der Waals surface area contributed by atoms with Gasteiger partial charge in [0.2, 0.25) is 0 Å². The molecule has 3 nitrogen and oxygen atoms in total. The van der Waals surface area contributed by atoms with Crippen molar-refractivity contribution in [2.45, 2.75) is 19.3 Å². The van der Waals surface area contributed by atoms with Crippen LogP contribution in [0, 0.1) is 12.0 Å². The lowest BCUT2D eigenvalue weighted by atomic mass is 10.1. The quantitative estimate of drug-likeness (QED) is 0.470. The van der Waals surface area contributed by atoms with Gasteiger partial charge in [0.15, 0.2) is 5.78 Å². The highest BCUT2D eigenvalue weighted by molar-refractivity contribution is 5.99. The average molecular weight is 179 g/mol. The van der Waals surface area contributed by atoms with Gasteiger partial charge in [-0.3, -0.25) is 4.79 Å². The first-order valence-electron chi connectivity index (χ1n) is 4.29. The second-order valence-corrected chi connectivity index (χ2v) is 2.89.